The number of hydrogen-bond donors (Lipinski definition) is 0. The Kier molecular flexibility index (Phi) is 6.84. The quantitative estimate of drug-likeness (QED) is 0.546. The van der Waals surface area contributed by atoms with Crippen LogP contribution in [0.2, 0.25) is 0 Å². The second kappa shape index (κ2) is 8.22. The molecule has 0 aromatic heterocycles. The lowest BCUT2D eigenvalue weighted by Crippen LogP contribution is -2.10. The largest absolute Gasteiger partial charge is 0.490 e. The topological polar surface area (TPSA) is 44.8 Å². The van der Waals surface area contributed by atoms with Gasteiger partial charge in [0, 0.05) is 11.6 Å². The van der Waals surface area contributed by atoms with Crippen LogP contribution in [-0.4, -0.2) is 39.8 Å². The van der Waals surface area contributed by atoms with E-state index in [1.165, 1.54) is 0 Å². The molecule has 0 N–H and O–H groups in total. The molecule has 0 heterocycles. The summed E-state index contributed by atoms with van der Waals surface area (Å²) in [6.45, 7) is 1.99. The van der Waals surface area contributed by atoms with Gasteiger partial charge in [0.25, 0.3) is 0 Å². The summed E-state index contributed by atoms with van der Waals surface area (Å²) in [7, 11) is 1.62. The van der Waals surface area contributed by atoms with Crippen LogP contribution in [0.4, 0.5) is 0 Å². The van der Waals surface area contributed by atoms with Crippen molar-refractivity contribution in [1.82, 2.24) is 0 Å². The Hall–Kier alpha value is -0.910. The highest BCUT2D eigenvalue weighted by Gasteiger charge is 2.03. The van der Waals surface area contributed by atoms with Crippen molar-refractivity contribution in [1.29, 1.82) is 0 Å². The molecule has 0 aliphatic heterocycles. The van der Waals surface area contributed by atoms with Gasteiger partial charge in [0.05, 0.1) is 25.4 Å². The molecule has 0 saturated heterocycles. The van der Waals surface area contributed by atoms with Crippen LogP contribution in [0.1, 0.15) is 10.4 Å². The lowest BCUT2D eigenvalue weighted by molar-refractivity contribution is 0.0543. The minimum Gasteiger partial charge on any atom is -0.490 e. The van der Waals surface area contributed by atoms with E-state index in [2.05, 4.69) is 15.9 Å². The summed E-state index contributed by atoms with van der Waals surface area (Å²) in [5.74, 6) is 0.568. The van der Waals surface area contributed by atoms with E-state index in [1.807, 2.05) is 6.07 Å². The number of carbonyl (C=O) groups is 1. The van der Waals surface area contributed by atoms with E-state index in [1.54, 1.807) is 19.2 Å². The Labute approximate surface area is 109 Å². The molecule has 0 unspecified atom stereocenters. The average molecular weight is 303 g/mol. The summed E-state index contributed by atoms with van der Waals surface area (Å²) in [5.41, 5.74) is 0.524. The summed E-state index contributed by atoms with van der Waals surface area (Å²) in [4.78, 5) is 10.8. The molecule has 0 atom stereocenters. The Morgan fingerprint density at radius 2 is 2.00 bits per heavy atom. The maximum atomic E-state index is 10.8. The Balaban J connectivity index is 2.33. The van der Waals surface area contributed by atoms with Gasteiger partial charge in [0.1, 0.15) is 12.4 Å². The normalized spacial score (nSPS) is 10.2. The number of methoxy groups -OCH3 is 1. The van der Waals surface area contributed by atoms with Crippen LogP contribution in [0.25, 0.3) is 0 Å². The maximum absolute atomic E-state index is 10.8. The van der Waals surface area contributed by atoms with Crippen LogP contribution in [0.5, 0.6) is 5.75 Å². The number of aldehydes is 1. The molecule has 1 aromatic carbocycles. The average Bonchev–Trinajstić information content (AvgIpc) is 2.35. The molecular weight excluding hydrogens is 288 g/mol. The van der Waals surface area contributed by atoms with E-state index in [0.29, 0.717) is 37.7 Å². The molecule has 1 rings (SSSR count). The van der Waals surface area contributed by atoms with Gasteiger partial charge in [0.15, 0.2) is 6.29 Å². The van der Waals surface area contributed by atoms with Gasteiger partial charge < -0.3 is 14.2 Å². The number of hydrogen-bond acceptors (Lipinski definition) is 4. The molecule has 1 aromatic rings. The van der Waals surface area contributed by atoms with E-state index in [-0.39, 0.29) is 0 Å². The van der Waals surface area contributed by atoms with Crippen LogP contribution < -0.4 is 4.74 Å². The molecule has 0 radical (unpaired) electrons. The van der Waals surface area contributed by atoms with Crippen LogP contribution in [0, 0.1) is 0 Å². The molecule has 17 heavy (non-hydrogen) atoms. The number of benzene rings is 1. The zero-order chi connectivity index (χ0) is 12.5. The zero-order valence-electron chi connectivity index (χ0n) is 9.65. The van der Waals surface area contributed by atoms with Crippen molar-refractivity contribution in [3.8, 4) is 5.75 Å². The van der Waals surface area contributed by atoms with E-state index < -0.39 is 0 Å². The minimum absolute atomic E-state index is 0.409. The van der Waals surface area contributed by atoms with Crippen LogP contribution >= 0.6 is 15.9 Å². The third-order valence-electron chi connectivity index (χ3n) is 2.02. The molecule has 94 valence electrons. The van der Waals surface area contributed by atoms with Crippen molar-refractivity contribution in [2.45, 2.75) is 0 Å². The van der Waals surface area contributed by atoms with Crippen LogP contribution in [0.3, 0.4) is 0 Å². The van der Waals surface area contributed by atoms with Gasteiger partial charge in [-0.05, 0) is 18.2 Å². The van der Waals surface area contributed by atoms with Gasteiger partial charge in [-0.15, -0.1) is 0 Å². The van der Waals surface area contributed by atoms with Gasteiger partial charge in [-0.2, -0.15) is 0 Å². The molecule has 0 aliphatic carbocycles. The highest BCUT2D eigenvalue weighted by Crippen LogP contribution is 2.21. The third kappa shape index (κ3) is 5.30. The summed E-state index contributed by atoms with van der Waals surface area (Å²) >= 11 is 3.29. The van der Waals surface area contributed by atoms with Gasteiger partial charge >= 0.3 is 0 Å². The number of rotatable bonds is 8. The first kappa shape index (κ1) is 14.2. The van der Waals surface area contributed by atoms with Crippen molar-refractivity contribution in [3.05, 3.63) is 28.2 Å². The van der Waals surface area contributed by atoms with E-state index in [4.69, 9.17) is 14.2 Å². The molecule has 0 amide bonds. The van der Waals surface area contributed by atoms with E-state index in [0.717, 1.165) is 10.8 Å². The van der Waals surface area contributed by atoms with Crippen molar-refractivity contribution in [2.24, 2.45) is 0 Å². The molecule has 0 fully saturated rings. The first-order valence-electron chi connectivity index (χ1n) is 5.22. The van der Waals surface area contributed by atoms with E-state index >= 15 is 0 Å². The highest BCUT2D eigenvalue weighted by molar-refractivity contribution is 9.10. The second-order valence-electron chi connectivity index (χ2n) is 3.25. The van der Waals surface area contributed by atoms with Crippen LogP contribution in [-0.2, 0) is 9.47 Å². The first-order valence-corrected chi connectivity index (χ1v) is 6.01. The predicted molar refractivity (Wildman–Crippen MR) is 67.7 cm³/mol. The molecule has 0 spiro atoms. The molecular formula is C12H15BrO4. The summed E-state index contributed by atoms with van der Waals surface area (Å²) in [6.07, 6.45) is 0.770. The zero-order valence-corrected chi connectivity index (χ0v) is 11.2. The summed E-state index contributed by atoms with van der Waals surface area (Å²) in [6, 6.07) is 5.30. The fourth-order valence-corrected chi connectivity index (χ4v) is 1.58. The smallest absolute Gasteiger partial charge is 0.153 e. The Morgan fingerprint density at radius 3 is 2.71 bits per heavy atom. The highest BCUT2D eigenvalue weighted by atomic mass is 79.9. The maximum Gasteiger partial charge on any atom is 0.153 e. The standard InChI is InChI=1S/C12H15BrO4/c1-15-4-5-16-6-7-17-12-3-2-11(13)8-10(12)9-14/h2-3,8-9H,4-7H2,1H3. The predicted octanol–water partition coefficient (Wildman–Crippen LogP) is 2.30. The number of carbonyl (C=O) groups excluding carboxylic acids is 1. The lowest BCUT2D eigenvalue weighted by atomic mass is 10.2. The Bertz CT molecular complexity index is 354. The first-order chi connectivity index (χ1) is 8.27. The van der Waals surface area contributed by atoms with E-state index in [9.17, 15) is 4.79 Å². The van der Waals surface area contributed by atoms with Crippen molar-refractivity contribution in [2.75, 3.05) is 33.5 Å². The third-order valence-corrected chi connectivity index (χ3v) is 2.51. The van der Waals surface area contributed by atoms with Crippen molar-refractivity contribution >= 4 is 22.2 Å². The van der Waals surface area contributed by atoms with Gasteiger partial charge in [-0.25, -0.2) is 0 Å². The molecule has 0 bridgehead atoms. The molecule has 0 aliphatic rings. The van der Waals surface area contributed by atoms with Gasteiger partial charge in [0.2, 0.25) is 0 Å². The minimum atomic E-state index is 0.409. The van der Waals surface area contributed by atoms with Crippen molar-refractivity contribution in [3.63, 3.8) is 0 Å². The van der Waals surface area contributed by atoms with Gasteiger partial charge in [-0.3, -0.25) is 4.79 Å². The number of ether oxygens (including phenoxy) is 3. The fourth-order valence-electron chi connectivity index (χ4n) is 1.20. The molecule has 4 nitrogen and oxygen atoms in total. The number of halogens is 1. The molecule has 5 heteroatoms. The van der Waals surface area contributed by atoms with Gasteiger partial charge in [-0.1, -0.05) is 15.9 Å². The monoisotopic (exact) mass is 302 g/mol. The lowest BCUT2D eigenvalue weighted by Gasteiger charge is -2.09. The summed E-state index contributed by atoms with van der Waals surface area (Å²) in [5, 5.41) is 0. The Morgan fingerprint density at radius 1 is 1.24 bits per heavy atom. The molecule has 0 saturated carbocycles. The second-order valence-corrected chi connectivity index (χ2v) is 4.17. The fraction of sp³-hybridized carbons (Fsp3) is 0.417. The summed E-state index contributed by atoms with van der Waals surface area (Å²) < 4.78 is 16.4. The van der Waals surface area contributed by atoms with Crippen LogP contribution in [0.15, 0.2) is 22.7 Å². The van der Waals surface area contributed by atoms with Crippen molar-refractivity contribution < 1.29 is 19.0 Å². The SMILES string of the molecule is COCCOCCOc1ccc(Br)cc1C=O.